The van der Waals surface area contributed by atoms with Crippen LogP contribution in [-0.4, -0.2) is 29.4 Å². The zero-order valence-electron chi connectivity index (χ0n) is 15.8. The fourth-order valence-electron chi connectivity index (χ4n) is 2.74. The van der Waals surface area contributed by atoms with E-state index in [1.165, 1.54) is 0 Å². The normalized spacial score (nSPS) is 10.5. The van der Waals surface area contributed by atoms with E-state index < -0.39 is 0 Å². The summed E-state index contributed by atoms with van der Waals surface area (Å²) in [6.45, 7) is 3.17. The number of nitrogens with one attached hydrogen (secondary N) is 1. The quantitative estimate of drug-likeness (QED) is 0.545. The second kappa shape index (κ2) is 9.41. The third-order valence-corrected chi connectivity index (χ3v) is 4.69. The fourth-order valence-corrected chi connectivity index (χ4v) is 3.29. The van der Waals surface area contributed by atoms with Gasteiger partial charge in [0.1, 0.15) is 0 Å². The number of halogens is 1. The molecule has 0 aliphatic heterocycles. The molecule has 146 valence electrons. The first-order valence-electron chi connectivity index (χ1n) is 8.99. The third kappa shape index (κ3) is 4.72. The van der Waals surface area contributed by atoms with Gasteiger partial charge in [-0.25, -0.2) is 0 Å². The minimum Gasteiger partial charge on any atom is -0.493 e. The smallest absolute Gasteiger partial charge is 0.255 e. The van der Waals surface area contributed by atoms with Crippen LogP contribution in [0.4, 0.5) is 5.69 Å². The van der Waals surface area contributed by atoms with Gasteiger partial charge in [-0.2, -0.15) is 5.10 Å². The van der Waals surface area contributed by atoms with Gasteiger partial charge < -0.3 is 14.8 Å². The van der Waals surface area contributed by atoms with Crippen molar-refractivity contribution in [2.45, 2.75) is 19.9 Å². The number of nitrogens with zero attached hydrogens (tertiary/aromatic N) is 2. The van der Waals surface area contributed by atoms with Gasteiger partial charge in [-0.1, -0.05) is 25.1 Å². The molecule has 1 amide bonds. The topological polar surface area (TPSA) is 65.4 Å². The van der Waals surface area contributed by atoms with Gasteiger partial charge in [-0.05, 0) is 52.2 Å². The van der Waals surface area contributed by atoms with E-state index in [0.717, 1.165) is 17.7 Å². The van der Waals surface area contributed by atoms with Crippen molar-refractivity contribution >= 4 is 27.5 Å². The highest BCUT2D eigenvalue weighted by molar-refractivity contribution is 9.10. The van der Waals surface area contributed by atoms with Crippen molar-refractivity contribution in [2.75, 3.05) is 19.0 Å². The Bertz CT molecular complexity index is 942. The summed E-state index contributed by atoms with van der Waals surface area (Å²) in [5.41, 5.74) is 2.18. The molecule has 0 unspecified atom stereocenters. The monoisotopic (exact) mass is 443 g/mol. The van der Waals surface area contributed by atoms with Crippen LogP contribution in [0.1, 0.15) is 29.3 Å². The molecule has 28 heavy (non-hydrogen) atoms. The summed E-state index contributed by atoms with van der Waals surface area (Å²) in [5.74, 6) is 0.881. The maximum Gasteiger partial charge on any atom is 0.255 e. The number of amides is 1. The van der Waals surface area contributed by atoms with Gasteiger partial charge in [0.25, 0.3) is 5.91 Å². The zero-order valence-corrected chi connectivity index (χ0v) is 17.4. The summed E-state index contributed by atoms with van der Waals surface area (Å²) in [5, 5.41) is 7.21. The number of methoxy groups -OCH3 is 1. The van der Waals surface area contributed by atoms with Crippen molar-refractivity contribution in [1.29, 1.82) is 0 Å². The summed E-state index contributed by atoms with van der Waals surface area (Å²) in [6.07, 6.45) is 4.49. The van der Waals surface area contributed by atoms with Gasteiger partial charge in [0, 0.05) is 23.6 Å². The van der Waals surface area contributed by atoms with Crippen molar-refractivity contribution < 1.29 is 14.3 Å². The van der Waals surface area contributed by atoms with Crippen molar-refractivity contribution in [1.82, 2.24) is 9.78 Å². The second-order valence-corrected chi connectivity index (χ2v) is 7.01. The summed E-state index contributed by atoms with van der Waals surface area (Å²) in [7, 11) is 1.56. The van der Waals surface area contributed by atoms with Gasteiger partial charge in [0.2, 0.25) is 0 Å². The number of aromatic nitrogens is 2. The molecule has 0 aliphatic carbocycles. The molecule has 0 atom stereocenters. The highest BCUT2D eigenvalue weighted by Gasteiger charge is 2.16. The Morgan fingerprint density at radius 3 is 2.79 bits per heavy atom. The first-order valence-corrected chi connectivity index (χ1v) is 9.78. The molecule has 0 radical (unpaired) electrons. The van der Waals surface area contributed by atoms with E-state index in [1.54, 1.807) is 25.4 Å². The molecule has 1 aromatic heterocycles. The zero-order chi connectivity index (χ0) is 19.9. The highest BCUT2D eigenvalue weighted by atomic mass is 79.9. The first kappa shape index (κ1) is 19.9. The minimum atomic E-state index is -0.228. The molecule has 1 heterocycles. The van der Waals surface area contributed by atoms with E-state index in [-0.39, 0.29) is 5.91 Å². The maximum absolute atomic E-state index is 12.9. The van der Waals surface area contributed by atoms with Crippen molar-refractivity contribution in [3.8, 4) is 11.5 Å². The van der Waals surface area contributed by atoms with Gasteiger partial charge in [0.05, 0.1) is 24.7 Å². The number of anilines is 1. The molecule has 2 aromatic carbocycles. The lowest BCUT2D eigenvalue weighted by molar-refractivity contribution is 0.102. The molecule has 0 fully saturated rings. The van der Waals surface area contributed by atoms with Crippen LogP contribution in [-0.2, 0) is 6.54 Å². The van der Waals surface area contributed by atoms with Crippen molar-refractivity contribution in [2.24, 2.45) is 0 Å². The van der Waals surface area contributed by atoms with Gasteiger partial charge >= 0.3 is 0 Å². The van der Waals surface area contributed by atoms with Crippen LogP contribution in [0.15, 0.2) is 59.3 Å². The number of rotatable bonds is 8. The first-order chi connectivity index (χ1) is 13.6. The summed E-state index contributed by atoms with van der Waals surface area (Å²) in [4.78, 5) is 12.9. The second-order valence-electron chi connectivity index (χ2n) is 6.15. The molecule has 0 aliphatic rings. The number of hydrogen-bond donors (Lipinski definition) is 1. The Balaban J connectivity index is 1.83. The fraction of sp³-hybridized carbons (Fsp3) is 0.238. The van der Waals surface area contributed by atoms with E-state index in [2.05, 4.69) is 26.3 Å². The van der Waals surface area contributed by atoms with Crippen LogP contribution < -0.4 is 14.8 Å². The predicted molar refractivity (Wildman–Crippen MR) is 112 cm³/mol. The molecule has 0 spiro atoms. The molecule has 7 heteroatoms. The van der Waals surface area contributed by atoms with Crippen LogP contribution in [0.25, 0.3) is 0 Å². The SMILES string of the molecule is CCCOc1c(Br)cc(C(=O)Nc2ccccc2Cn2cccn2)cc1OC. The molecule has 6 nitrogen and oxygen atoms in total. The van der Waals surface area contributed by atoms with Gasteiger partial charge in [0.15, 0.2) is 11.5 Å². The molecular formula is C21H22BrN3O3. The van der Waals surface area contributed by atoms with Crippen LogP contribution in [0, 0.1) is 0 Å². The van der Waals surface area contributed by atoms with E-state index in [0.29, 0.717) is 34.7 Å². The number of carbonyl (C=O) groups excluding carboxylic acids is 1. The minimum absolute atomic E-state index is 0.228. The number of hydrogen-bond acceptors (Lipinski definition) is 4. The standard InChI is InChI=1S/C21H22BrN3O3/c1-3-11-28-20-17(22)12-16(13-19(20)27-2)21(26)24-18-8-5-4-7-15(18)14-25-10-6-9-23-25/h4-10,12-13H,3,11,14H2,1-2H3,(H,24,26). The number of carbonyl (C=O) groups is 1. The molecular weight excluding hydrogens is 422 g/mol. The van der Waals surface area contributed by atoms with Crippen molar-refractivity contribution in [3.63, 3.8) is 0 Å². The van der Waals surface area contributed by atoms with Crippen LogP contribution in [0.3, 0.4) is 0 Å². The van der Waals surface area contributed by atoms with Crippen LogP contribution in [0.5, 0.6) is 11.5 Å². The molecule has 0 saturated heterocycles. The molecule has 3 rings (SSSR count). The Labute approximate surface area is 172 Å². The van der Waals surface area contributed by atoms with Crippen LogP contribution >= 0.6 is 15.9 Å². The largest absolute Gasteiger partial charge is 0.493 e. The molecule has 0 saturated carbocycles. The number of benzene rings is 2. The molecule has 3 aromatic rings. The third-order valence-electron chi connectivity index (χ3n) is 4.10. The summed E-state index contributed by atoms with van der Waals surface area (Å²) < 4.78 is 13.6. The number of ether oxygens (including phenoxy) is 2. The average Bonchev–Trinajstić information content (AvgIpc) is 3.21. The molecule has 1 N–H and O–H groups in total. The maximum atomic E-state index is 12.9. The van der Waals surface area contributed by atoms with Gasteiger partial charge in [-0.15, -0.1) is 0 Å². The van der Waals surface area contributed by atoms with E-state index in [9.17, 15) is 4.79 Å². The van der Waals surface area contributed by atoms with Crippen LogP contribution in [0.2, 0.25) is 0 Å². The molecule has 0 bridgehead atoms. The van der Waals surface area contributed by atoms with E-state index in [4.69, 9.17) is 9.47 Å². The predicted octanol–water partition coefficient (Wildman–Crippen LogP) is 4.74. The number of para-hydroxylation sites is 1. The Morgan fingerprint density at radius 1 is 1.25 bits per heavy atom. The lowest BCUT2D eigenvalue weighted by Crippen LogP contribution is -2.15. The Morgan fingerprint density at radius 2 is 2.07 bits per heavy atom. The Hall–Kier alpha value is -2.80. The van der Waals surface area contributed by atoms with E-state index in [1.807, 2.05) is 48.1 Å². The summed E-state index contributed by atoms with van der Waals surface area (Å²) in [6, 6.07) is 13.0. The van der Waals surface area contributed by atoms with Crippen molar-refractivity contribution in [3.05, 3.63) is 70.5 Å². The highest BCUT2D eigenvalue weighted by Crippen LogP contribution is 2.37. The van der Waals surface area contributed by atoms with Gasteiger partial charge in [-0.3, -0.25) is 9.48 Å². The lowest BCUT2D eigenvalue weighted by Gasteiger charge is -2.15. The van der Waals surface area contributed by atoms with E-state index >= 15 is 0 Å². The lowest BCUT2D eigenvalue weighted by atomic mass is 10.1. The summed E-state index contributed by atoms with van der Waals surface area (Å²) >= 11 is 3.48. The average molecular weight is 444 g/mol. The Kier molecular flexibility index (Phi) is 6.71.